The first-order chi connectivity index (χ1) is 53.3. The van der Waals surface area contributed by atoms with Crippen molar-refractivity contribution in [1.82, 2.24) is 0 Å². The highest BCUT2D eigenvalue weighted by Crippen LogP contribution is 2.45. The third kappa shape index (κ3) is 82.6. The van der Waals surface area contributed by atoms with Crippen molar-refractivity contribution in [1.29, 1.82) is 0 Å². The summed E-state index contributed by atoms with van der Waals surface area (Å²) in [5.41, 5.74) is 0. The van der Waals surface area contributed by atoms with Gasteiger partial charge >= 0.3 is 39.5 Å². The number of rotatable bonds is 89. The number of unbranched alkanes of at least 4 members (excludes halogenated alkanes) is 56. The predicted octanol–water partition coefficient (Wildman–Crippen LogP) is 28.0. The summed E-state index contributed by atoms with van der Waals surface area (Å²) in [6, 6.07) is 0. The number of phosphoric acid groups is 2. The zero-order valence-corrected chi connectivity index (χ0v) is 74.5. The Morgan fingerprint density at radius 1 is 0.264 bits per heavy atom. The van der Waals surface area contributed by atoms with Gasteiger partial charge in [0.25, 0.3) is 0 Å². The van der Waals surface area contributed by atoms with E-state index < -0.39 is 97.5 Å². The molecule has 3 unspecified atom stereocenters. The zero-order valence-electron chi connectivity index (χ0n) is 72.7. The lowest BCUT2D eigenvalue weighted by Gasteiger charge is -2.21. The molecule has 0 spiro atoms. The topological polar surface area (TPSA) is 237 Å². The molecule has 0 radical (unpaired) electrons. The molecule has 0 aromatic rings. The van der Waals surface area contributed by atoms with Gasteiger partial charge < -0.3 is 33.8 Å². The van der Waals surface area contributed by atoms with Crippen molar-refractivity contribution in [3.63, 3.8) is 0 Å². The summed E-state index contributed by atoms with van der Waals surface area (Å²) in [7, 11) is -9.94. The summed E-state index contributed by atoms with van der Waals surface area (Å²) in [5, 5.41) is 10.7. The Hall–Kier alpha value is -1.94. The van der Waals surface area contributed by atoms with E-state index in [-0.39, 0.29) is 25.7 Å². The first-order valence-electron chi connectivity index (χ1n) is 46.9. The molecule has 0 aliphatic heterocycles. The Morgan fingerprint density at radius 2 is 0.464 bits per heavy atom. The molecule has 6 atom stereocenters. The van der Waals surface area contributed by atoms with Gasteiger partial charge in [-0.3, -0.25) is 37.3 Å². The number of carbonyl (C=O) groups excluding carboxylic acids is 4. The molecule has 0 saturated heterocycles. The van der Waals surface area contributed by atoms with Crippen LogP contribution in [0, 0.1) is 17.8 Å². The van der Waals surface area contributed by atoms with Crippen LogP contribution in [0.15, 0.2) is 0 Å². The number of esters is 4. The van der Waals surface area contributed by atoms with Gasteiger partial charge in [0.15, 0.2) is 12.2 Å². The van der Waals surface area contributed by atoms with E-state index in [1.807, 2.05) is 0 Å². The molecule has 0 aromatic heterocycles. The maximum absolute atomic E-state index is 13.2. The van der Waals surface area contributed by atoms with Crippen LogP contribution < -0.4 is 0 Å². The summed E-state index contributed by atoms with van der Waals surface area (Å²) in [6.07, 6.45) is 73.6. The highest BCUT2D eigenvalue weighted by Gasteiger charge is 2.31. The van der Waals surface area contributed by atoms with Crippen LogP contribution in [-0.2, 0) is 65.4 Å². The molecule has 0 aliphatic rings. The van der Waals surface area contributed by atoms with E-state index in [0.29, 0.717) is 25.7 Å². The second-order valence-corrected chi connectivity index (χ2v) is 36.8. The van der Waals surface area contributed by atoms with Gasteiger partial charge in [-0.2, -0.15) is 0 Å². The van der Waals surface area contributed by atoms with Crippen molar-refractivity contribution >= 4 is 39.5 Å². The molecule has 0 aromatic carbocycles. The molecule has 17 nitrogen and oxygen atoms in total. The van der Waals surface area contributed by atoms with E-state index in [1.54, 1.807) is 0 Å². The molecule has 19 heteroatoms. The Kier molecular flexibility index (Phi) is 79.4. The van der Waals surface area contributed by atoms with Crippen molar-refractivity contribution in [3.05, 3.63) is 0 Å². The van der Waals surface area contributed by atoms with Crippen LogP contribution >= 0.6 is 15.6 Å². The molecule has 0 rings (SSSR count). The summed E-state index contributed by atoms with van der Waals surface area (Å²) in [4.78, 5) is 73.4. The van der Waals surface area contributed by atoms with Crippen molar-refractivity contribution in [2.45, 2.75) is 503 Å². The highest BCUT2D eigenvalue weighted by atomic mass is 31.2. The smallest absolute Gasteiger partial charge is 0.462 e. The van der Waals surface area contributed by atoms with E-state index >= 15 is 0 Å². The third-order valence-electron chi connectivity index (χ3n) is 21.7. The lowest BCUT2D eigenvalue weighted by atomic mass is 9.99. The van der Waals surface area contributed by atoms with Crippen molar-refractivity contribution in [3.8, 4) is 0 Å². The predicted molar refractivity (Wildman–Crippen MR) is 455 cm³/mol. The van der Waals surface area contributed by atoms with E-state index in [2.05, 4.69) is 48.5 Å². The van der Waals surface area contributed by atoms with Gasteiger partial charge in [-0.1, -0.05) is 434 Å². The van der Waals surface area contributed by atoms with Gasteiger partial charge in [-0.25, -0.2) is 9.13 Å². The minimum atomic E-state index is -4.97. The molecule has 0 heterocycles. The zero-order chi connectivity index (χ0) is 80.8. The Morgan fingerprint density at radius 3 is 0.691 bits per heavy atom. The van der Waals surface area contributed by atoms with Crippen molar-refractivity contribution in [2.24, 2.45) is 17.8 Å². The normalized spacial score (nSPS) is 14.0. The molecular weight excluding hydrogens is 1430 g/mol. The highest BCUT2D eigenvalue weighted by molar-refractivity contribution is 7.47. The average Bonchev–Trinajstić information content (AvgIpc) is 0.898. The maximum Gasteiger partial charge on any atom is 0.472 e. The van der Waals surface area contributed by atoms with Crippen molar-refractivity contribution in [2.75, 3.05) is 39.6 Å². The molecule has 3 N–H and O–H groups in total. The quantitative estimate of drug-likeness (QED) is 0.0222. The minimum Gasteiger partial charge on any atom is -0.462 e. The maximum atomic E-state index is 13.2. The second-order valence-electron chi connectivity index (χ2n) is 33.9. The van der Waals surface area contributed by atoms with Crippen LogP contribution in [0.2, 0.25) is 0 Å². The van der Waals surface area contributed by atoms with Crippen LogP contribution in [0.25, 0.3) is 0 Å². The van der Waals surface area contributed by atoms with Gasteiger partial charge in [0.2, 0.25) is 0 Å². The number of ether oxygens (including phenoxy) is 4. The molecule has 0 fully saturated rings. The summed E-state index contributed by atoms with van der Waals surface area (Å²) < 4.78 is 69.1. The van der Waals surface area contributed by atoms with E-state index in [0.717, 1.165) is 108 Å². The summed E-state index contributed by atoms with van der Waals surface area (Å²) in [6.45, 7) is 12.1. The fraction of sp³-hybridized carbons (Fsp3) is 0.956. The fourth-order valence-corrected chi connectivity index (χ4v) is 15.8. The standard InChI is InChI=1S/C91H178O17P2/c1-8-10-11-12-13-14-15-37-44-51-58-65-72-88(93)101-78-86(108-91(96)75-68-61-54-47-40-33-32-35-42-49-56-63-70-83(5)6)80-105-109(97,98)103-76-85(92)77-104-110(99,100)106-81-87(79-102-89(94)73-66-59-52-45-38-30-26-22-18-16-20-24-28-34-41-48-55-62-69-82(3)4)107-90(95)74-67-60-53-46-39-31-27-23-19-17-21-25-29-36-43-50-57-64-71-84(7)9-2/h82-87,92H,8-81H2,1-7H3,(H,97,98)(H,99,100)/t84?,85-,86+,87+/m0/s1. The lowest BCUT2D eigenvalue weighted by molar-refractivity contribution is -0.161. The third-order valence-corrected chi connectivity index (χ3v) is 23.6. The first-order valence-corrected chi connectivity index (χ1v) is 49.9. The molecule has 0 saturated carbocycles. The van der Waals surface area contributed by atoms with E-state index in [9.17, 15) is 43.2 Å². The molecule has 110 heavy (non-hydrogen) atoms. The number of hydrogen-bond acceptors (Lipinski definition) is 15. The van der Waals surface area contributed by atoms with Crippen LogP contribution in [-0.4, -0.2) is 96.7 Å². The Bertz CT molecular complexity index is 2120. The van der Waals surface area contributed by atoms with Gasteiger partial charge in [0.05, 0.1) is 26.4 Å². The summed E-state index contributed by atoms with van der Waals surface area (Å²) in [5.74, 6) is 0.374. The average molecular weight is 1610 g/mol. The van der Waals surface area contributed by atoms with Crippen LogP contribution in [0.1, 0.15) is 485 Å². The number of phosphoric ester groups is 2. The van der Waals surface area contributed by atoms with Crippen LogP contribution in [0.4, 0.5) is 0 Å². The SMILES string of the molecule is CCCCCCCCCCCCCCC(=O)OC[C@H](COP(=O)(O)OC[C@H](O)COP(=O)(O)OC[C@@H](COC(=O)CCCCCCCCCCCCCCCCCCCCC(C)C)OC(=O)CCCCCCCCCCCCCCCCCCCCC(C)CC)OC(=O)CCCCCCCCCCCCCCC(C)C. The number of hydrogen-bond donors (Lipinski definition) is 3. The van der Waals surface area contributed by atoms with Crippen LogP contribution in [0.5, 0.6) is 0 Å². The molecule has 0 amide bonds. The van der Waals surface area contributed by atoms with Gasteiger partial charge in [-0.05, 0) is 43.4 Å². The monoisotopic (exact) mass is 1610 g/mol. The minimum absolute atomic E-state index is 0.107. The molecule has 0 bridgehead atoms. The molecule has 654 valence electrons. The van der Waals surface area contributed by atoms with Crippen molar-refractivity contribution < 1.29 is 80.2 Å². The molecular formula is C91H178O17P2. The number of aliphatic hydroxyl groups excluding tert-OH is 1. The van der Waals surface area contributed by atoms with Gasteiger partial charge in [-0.15, -0.1) is 0 Å². The van der Waals surface area contributed by atoms with Gasteiger partial charge in [0, 0.05) is 25.7 Å². The van der Waals surface area contributed by atoms with E-state index in [4.69, 9.17) is 37.0 Å². The van der Waals surface area contributed by atoms with Gasteiger partial charge in [0.1, 0.15) is 19.3 Å². The largest absolute Gasteiger partial charge is 0.472 e. The second kappa shape index (κ2) is 80.8. The Balaban J connectivity index is 5.24. The summed E-state index contributed by atoms with van der Waals surface area (Å²) >= 11 is 0. The lowest BCUT2D eigenvalue weighted by Crippen LogP contribution is -2.30. The Labute approximate surface area is 677 Å². The fourth-order valence-electron chi connectivity index (χ4n) is 14.2. The van der Waals surface area contributed by atoms with E-state index in [1.165, 1.54) is 295 Å². The number of carbonyl (C=O) groups is 4. The first kappa shape index (κ1) is 108. The van der Waals surface area contributed by atoms with Crippen LogP contribution in [0.3, 0.4) is 0 Å². The molecule has 0 aliphatic carbocycles. The number of aliphatic hydroxyl groups is 1.